The van der Waals surface area contributed by atoms with E-state index in [1.54, 1.807) is 0 Å². The molecule has 2 aromatic rings. The molecule has 20 heavy (non-hydrogen) atoms. The van der Waals surface area contributed by atoms with Gasteiger partial charge in [-0.15, -0.1) is 0 Å². The molecular weight excluding hydrogens is 248 g/mol. The molecule has 104 valence electrons. The topological polar surface area (TPSA) is 41.1 Å². The van der Waals surface area contributed by atoms with Crippen LogP contribution in [0.3, 0.4) is 0 Å². The van der Waals surface area contributed by atoms with Gasteiger partial charge in [-0.2, -0.15) is 0 Å². The Kier molecular flexibility index (Phi) is 2.84. The molecule has 1 saturated heterocycles. The second-order valence-electron chi connectivity index (χ2n) is 5.87. The van der Waals surface area contributed by atoms with Gasteiger partial charge in [0.15, 0.2) is 0 Å². The zero-order valence-corrected chi connectivity index (χ0v) is 11.9. The van der Waals surface area contributed by atoms with Crippen molar-refractivity contribution < 1.29 is 0 Å². The summed E-state index contributed by atoms with van der Waals surface area (Å²) in [6, 6.07) is 6.66. The Hall–Kier alpha value is -1.68. The summed E-state index contributed by atoms with van der Waals surface area (Å²) in [7, 11) is 0. The van der Waals surface area contributed by atoms with Gasteiger partial charge in [-0.05, 0) is 38.0 Å². The van der Waals surface area contributed by atoms with E-state index in [1.807, 2.05) is 6.92 Å². The monoisotopic (exact) mass is 268 g/mol. The van der Waals surface area contributed by atoms with Crippen molar-refractivity contribution in [1.29, 1.82) is 0 Å². The minimum Gasteiger partial charge on any atom is -0.369 e. The minimum atomic E-state index is 0.664. The summed E-state index contributed by atoms with van der Waals surface area (Å²) in [6.45, 7) is 6.29. The van der Waals surface area contributed by atoms with Gasteiger partial charge >= 0.3 is 0 Å². The third kappa shape index (κ3) is 2.14. The maximum absolute atomic E-state index is 4.71. The van der Waals surface area contributed by atoms with Crippen LogP contribution in [0.4, 0.5) is 5.69 Å². The van der Waals surface area contributed by atoms with E-state index in [-0.39, 0.29) is 0 Å². The highest BCUT2D eigenvalue weighted by atomic mass is 15.2. The summed E-state index contributed by atoms with van der Waals surface area (Å²) in [4.78, 5) is 11.7. The molecule has 4 nitrogen and oxygen atoms in total. The number of benzene rings is 1. The molecule has 0 bridgehead atoms. The summed E-state index contributed by atoms with van der Waals surface area (Å²) in [5.41, 5.74) is 3.68. The number of hydrogen-bond acceptors (Lipinski definition) is 4. The van der Waals surface area contributed by atoms with Crippen LogP contribution in [-0.2, 0) is 0 Å². The minimum absolute atomic E-state index is 0.664. The number of aryl methyl sites for hydroxylation is 1. The summed E-state index contributed by atoms with van der Waals surface area (Å²) >= 11 is 0. The number of fused-ring (bicyclic) bond motifs is 1. The van der Waals surface area contributed by atoms with Crippen LogP contribution in [0.5, 0.6) is 0 Å². The van der Waals surface area contributed by atoms with E-state index >= 15 is 0 Å². The lowest BCUT2D eigenvalue weighted by atomic mass is 10.1. The second kappa shape index (κ2) is 4.70. The highest BCUT2D eigenvalue weighted by molar-refractivity contribution is 5.85. The van der Waals surface area contributed by atoms with Crippen LogP contribution in [0, 0.1) is 6.92 Å². The van der Waals surface area contributed by atoms with Crippen LogP contribution in [-0.4, -0.2) is 36.1 Å². The zero-order chi connectivity index (χ0) is 13.5. The van der Waals surface area contributed by atoms with Crippen molar-refractivity contribution >= 4 is 16.6 Å². The van der Waals surface area contributed by atoms with E-state index in [4.69, 9.17) is 4.98 Å². The van der Waals surface area contributed by atoms with Gasteiger partial charge < -0.3 is 10.2 Å². The summed E-state index contributed by atoms with van der Waals surface area (Å²) in [5.74, 6) is 1.56. The predicted molar refractivity (Wildman–Crippen MR) is 81.3 cm³/mol. The van der Waals surface area contributed by atoms with Crippen LogP contribution >= 0.6 is 0 Å². The fourth-order valence-corrected chi connectivity index (χ4v) is 3.05. The van der Waals surface area contributed by atoms with Gasteiger partial charge in [-0.25, -0.2) is 9.97 Å². The molecule has 1 aliphatic carbocycles. The second-order valence-corrected chi connectivity index (χ2v) is 5.87. The molecule has 1 saturated carbocycles. The summed E-state index contributed by atoms with van der Waals surface area (Å²) in [6.07, 6.45) is 2.56. The number of anilines is 1. The molecule has 0 unspecified atom stereocenters. The molecule has 0 spiro atoms. The van der Waals surface area contributed by atoms with Crippen molar-refractivity contribution in [2.75, 3.05) is 31.1 Å². The van der Waals surface area contributed by atoms with Crippen LogP contribution in [0.1, 0.15) is 30.3 Å². The first kappa shape index (κ1) is 12.1. The van der Waals surface area contributed by atoms with Gasteiger partial charge in [0, 0.05) is 43.2 Å². The molecule has 2 heterocycles. The standard InChI is InChI=1S/C16H20N4/c1-11-18-15-5-4-13(20-8-6-17-7-9-20)10-14(15)16(19-11)12-2-3-12/h4-5,10,12,17H,2-3,6-9H2,1H3. The summed E-state index contributed by atoms with van der Waals surface area (Å²) in [5, 5.41) is 4.66. The maximum atomic E-state index is 4.71. The first-order chi connectivity index (χ1) is 9.81. The van der Waals surface area contributed by atoms with E-state index in [0.29, 0.717) is 5.92 Å². The number of rotatable bonds is 2. The van der Waals surface area contributed by atoms with Crippen molar-refractivity contribution in [3.05, 3.63) is 29.7 Å². The first-order valence-electron chi connectivity index (χ1n) is 7.55. The van der Waals surface area contributed by atoms with Gasteiger partial charge in [0.25, 0.3) is 0 Å². The zero-order valence-electron chi connectivity index (χ0n) is 11.9. The number of hydrogen-bond donors (Lipinski definition) is 1. The van der Waals surface area contributed by atoms with Crippen molar-refractivity contribution in [2.24, 2.45) is 0 Å². The lowest BCUT2D eigenvalue weighted by molar-refractivity contribution is 0.589. The lowest BCUT2D eigenvalue weighted by Crippen LogP contribution is -2.43. The Bertz CT molecular complexity index is 642. The molecule has 4 heteroatoms. The summed E-state index contributed by atoms with van der Waals surface area (Å²) < 4.78 is 0. The van der Waals surface area contributed by atoms with Crippen molar-refractivity contribution in [3.8, 4) is 0 Å². The van der Waals surface area contributed by atoms with Gasteiger partial charge in [-0.3, -0.25) is 0 Å². The van der Waals surface area contributed by atoms with Crippen LogP contribution in [0.15, 0.2) is 18.2 Å². The number of nitrogens with zero attached hydrogens (tertiary/aromatic N) is 3. The Morgan fingerprint density at radius 3 is 2.70 bits per heavy atom. The van der Waals surface area contributed by atoms with Crippen LogP contribution in [0.2, 0.25) is 0 Å². The average molecular weight is 268 g/mol. The fourth-order valence-electron chi connectivity index (χ4n) is 3.05. The molecule has 1 aromatic heterocycles. The SMILES string of the molecule is Cc1nc(C2CC2)c2cc(N3CCNCC3)ccc2n1. The highest BCUT2D eigenvalue weighted by Crippen LogP contribution is 2.42. The molecule has 1 aromatic carbocycles. The molecule has 0 radical (unpaired) electrons. The Morgan fingerprint density at radius 2 is 1.95 bits per heavy atom. The van der Waals surface area contributed by atoms with E-state index in [0.717, 1.165) is 37.5 Å². The van der Waals surface area contributed by atoms with E-state index in [1.165, 1.54) is 29.6 Å². The number of piperazine rings is 1. The Morgan fingerprint density at radius 1 is 1.15 bits per heavy atom. The van der Waals surface area contributed by atoms with E-state index in [2.05, 4.69) is 33.4 Å². The van der Waals surface area contributed by atoms with Crippen LogP contribution < -0.4 is 10.2 Å². The Balaban J connectivity index is 1.80. The molecule has 2 aliphatic rings. The maximum Gasteiger partial charge on any atom is 0.126 e. The van der Waals surface area contributed by atoms with E-state index in [9.17, 15) is 0 Å². The Labute approximate surface area is 119 Å². The number of nitrogens with one attached hydrogen (secondary N) is 1. The van der Waals surface area contributed by atoms with E-state index < -0.39 is 0 Å². The van der Waals surface area contributed by atoms with Gasteiger partial charge in [0.05, 0.1) is 11.2 Å². The highest BCUT2D eigenvalue weighted by Gasteiger charge is 2.27. The predicted octanol–water partition coefficient (Wildman–Crippen LogP) is 2.23. The lowest BCUT2D eigenvalue weighted by Gasteiger charge is -2.29. The van der Waals surface area contributed by atoms with Crippen LogP contribution in [0.25, 0.3) is 10.9 Å². The number of aromatic nitrogens is 2. The molecule has 1 N–H and O–H groups in total. The molecule has 0 atom stereocenters. The van der Waals surface area contributed by atoms with Gasteiger partial charge in [0.2, 0.25) is 0 Å². The third-order valence-corrected chi connectivity index (χ3v) is 4.27. The molecule has 4 rings (SSSR count). The smallest absolute Gasteiger partial charge is 0.126 e. The van der Waals surface area contributed by atoms with Gasteiger partial charge in [0.1, 0.15) is 5.82 Å². The fraction of sp³-hybridized carbons (Fsp3) is 0.500. The van der Waals surface area contributed by atoms with Crippen molar-refractivity contribution in [2.45, 2.75) is 25.7 Å². The average Bonchev–Trinajstić information content (AvgIpc) is 3.31. The molecule has 0 amide bonds. The molecule has 1 aliphatic heterocycles. The quantitative estimate of drug-likeness (QED) is 0.907. The third-order valence-electron chi connectivity index (χ3n) is 4.27. The van der Waals surface area contributed by atoms with Crippen molar-refractivity contribution in [1.82, 2.24) is 15.3 Å². The first-order valence-corrected chi connectivity index (χ1v) is 7.55. The molecule has 2 fully saturated rings. The molecular formula is C16H20N4. The van der Waals surface area contributed by atoms with Gasteiger partial charge in [-0.1, -0.05) is 0 Å². The largest absolute Gasteiger partial charge is 0.369 e. The normalized spacial score (nSPS) is 19.6. The van der Waals surface area contributed by atoms with Crippen molar-refractivity contribution in [3.63, 3.8) is 0 Å².